The molecule has 1 rings (SSSR count). The third-order valence-electron chi connectivity index (χ3n) is 2.48. The van der Waals surface area contributed by atoms with Crippen LogP contribution in [0.25, 0.3) is 0 Å². The van der Waals surface area contributed by atoms with Gasteiger partial charge in [-0.05, 0) is 16.5 Å². The van der Waals surface area contributed by atoms with E-state index in [0.717, 1.165) is 11.8 Å². The summed E-state index contributed by atoms with van der Waals surface area (Å²) in [4.78, 5) is 10.7. The lowest BCUT2D eigenvalue weighted by Gasteiger charge is -2.19. The number of carbonyl (C=O) groups excluding carboxylic acids is 1. The molecule has 2 nitrogen and oxygen atoms in total. The molecule has 0 radical (unpaired) electrons. The van der Waals surface area contributed by atoms with Gasteiger partial charge in [0.15, 0.2) is 6.29 Å². The topological polar surface area (TPSA) is 26.3 Å². The second kappa shape index (κ2) is 4.58. The Bertz CT molecular complexity index is 319. The zero-order valence-corrected chi connectivity index (χ0v) is 9.78. The second-order valence-electron chi connectivity index (χ2n) is 4.66. The molecule has 0 aromatic heterocycles. The van der Waals surface area contributed by atoms with E-state index >= 15 is 0 Å². The molecule has 1 aromatic rings. The largest absolute Gasteiger partial charge is 0.369 e. The predicted octanol–water partition coefficient (Wildman–Crippen LogP) is 2.87. The zero-order valence-electron chi connectivity index (χ0n) is 9.78. The third-order valence-corrected chi connectivity index (χ3v) is 2.48. The van der Waals surface area contributed by atoms with E-state index in [2.05, 4.69) is 20.8 Å². The van der Waals surface area contributed by atoms with Crippen LogP contribution in [0.4, 0.5) is 0 Å². The van der Waals surface area contributed by atoms with E-state index in [1.807, 2.05) is 24.3 Å². The normalized spacial score (nSPS) is 13.6. The highest BCUT2D eigenvalue weighted by Crippen LogP contribution is 2.24. The molecule has 1 unspecified atom stereocenters. The first-order chi connectivity index (χ1) is 6.99. The van der Waals surface area contributed by atoms with Gasteiger partial charge in [0.05, 0.1) is 0 Å². The van der Waals surface area contributed by atoms with Gasteiger partial charge < -0.3 is 9.53 Å². The van der Waals surface area contributed by atoms with Gasteiger partial charge in [-0.15, -0.1) is 0 Å². The van der Waals surface area contributed by atoms with Crippen molar-refractivity contribution in [1.82, 2.24) is 0 Å². The van der Waals surface area contributed by atoms with Crippen LogP contribution in [-0.4, -0.2) is 13.4 Å². The third kappa shape index (κ3) is 2.90. The lowest BCUT2D eigenvalue weighted by atomic mass is 9.86. The molecular weight excluding hydrogens is 188 g/mol. The molecular formula is C13H18O2. The summed E-state index contributed by atoms with van der Waals surface area (Å²) >= 11 is 0. The van der Waals surface area contributed by atoms with Crippen molar-refractivity contribution in [3.8, 4) is 0 Å². The minimum Gasteiger partial charge on any atom is -0.369 e. The Morgan fingerprint density at radius 3 is 2.07 bits per heavy atom. The summed E-state index contributed by atoms with van der Waals surface area (Å²) in [5.41, 5.74) is 2.30. The molecule has 82 valence electrons. The van der Waals surface area contributed by atoms with Crippen molar-refractivity contribution < 1.29 is 9.53 Å². The van der Waals surface area contributed by atoms with E-state index < -0.39 is 6.10 Å². The molecule has 0 amide bonds. The summed E-state index contributed by atoms with van der Waals surface area (Å²) in [6.07, 6.45) is 0.366. The van der Waals surface area contributed by atoms with Gasteiger partial charge in [-0.3, -0.25) is 0 Å². The van der Waals surface area contributed by atoms with Gasteiger partial charge in [0.1, 0.15) is 6.10 Å². The Balaban J connectivity index is 2.94. The molecule has 15 heavy (non-hydrogen) atoms. The quantitative estimate of drug-likeness (QED) is 0.711. The van der Waals surface area contributed by atoms with Crippen molar-refractivity contribution in [1.29, 1.82) is 0 Å². The highest BCUT2D eigenvalue weighted by molar-refractivity contribution is 5.60. The zero-order chi connectivity index (χ0) is 11.5. The fourth-order valence-electron chi connectivity index (χ4n) is 1.44. The van der Waals surface area contributed by atoms with Gasteiger partial charge in [-0.2, -0.15) is 0 Å². The minimum atomic E-state index is -0.445. The summed E-state index contributed by atoms with van der Waals surface area (Å²) in [6, 6.07) is 7.99. The molecule has 0 spiro atoms. The molecule has 1 atom stereocenters. The number of hydrogen-bond donors (Lipinski definition) is 0. The Labute approximate surface area is 91.3 Å². The monoisotopic (exact) mass is 206 g/mol. The lowest BCUT2D eigenvalue weighted by Crippen LogP contribution is -2.11. The van der Waals surface area contributed by atoms with Crippen LogP contribution in [0.2, 0.25) is 0 Å². The van der Waals surface area contributed by atoms with Crippen LogP contribution in [-0.2, 0) is 14.9 Å². The molecule has 0 fully saturated rings. The first-order valence-electron chi connectivity index (χ1n) is 5.07. The van der Waals surface area contributed by atoms with Crippen LogP contribution in [0.3, 0.4) is 0 Å². The van der Waals surface area contributed by atoms with Gasteiger partial charge in [0.25, 0.3) is 0 Å². The van der Waals surface area contributed by atoms with E-state index in [-0.39, 0.29) is 5.41 Å². The van der Waals surface area contributed by atoms with Gasteiger partial charge >= 0.3 is 0 Å². The Hall–Kier alpha value is -1.15. The highest BCUT2D eigenvalue weighted by atomic mass is 16.5. The fourth-order valence-corrected chi connectivity index (χ4v) is 1.44. The molecule has 0 aliphatic carbocycles. The maximum absolute atomic E-state index is 10.7. The number of hydrogen-bond acceptors (Lipinski definition) is 2. The summed E-state index contributed by atoms with van der Waals surface area (Å²) in [5, 5.41) is 0. The molecule has 0 saturated carbocycles. The lowest BCUT2D eigenvalue weighted by molar-refractivity contribution is -0.116. The van der Waals surface area contributed by atoms with Crippen LogP contribution in [0, 0.1) is 0 Å². The first-order valence-corrected chi connectivity index (χ1v) is 5.07. The Kier molecular flexibility index (Phi) is 3.64. The number of carbonyl (C=O) groups is 1. The summed E-state index contributed by atoms with van der Waals surface area (Å²) < 4.78 is 5.04. The van der Waals surface area contributed by atoms with Gasteiger partial charge in [-0.1, -0.05) is 45.0 Å². The standard InChI is InChI=1S/C13H18O2/c1-13(2,3)11-7-5-10(6-8-11)12(9-14)15-4/h5-9,12H,1-4H3. The van der Waals surface area contributed by atoms with Crippen LogP contribution in [0.1, 0.15) is 38.0 Å². The molecule has 2 heteroatoms. The van der Waals surface area contributed by atoms with Crippen molar-refractivity contribution >= 4 is 6.29 Å². The van der Waals surface area contributed by atoms with E-state index in [0.29, 0.717) is 0 Å². The second-order valence-corrected chi connectivity index (χ2v) is 4.66. The van der Waals surface area contributed by atoms with Crippen molar-refractivity contribution in [2.75, 3.05) is 7.11 Å². The molecule has 0 aliphatic rings. The summed E-state index contributed by atoms with van der Waals surface area (Å²) in [5.74, 6) is 0. The summed E-state index contributed by atoms with van der Waals surface area (Å²) in [7, 11) is 1.54. The van der Waals surface area contributed by atoms with Gasteiger partial charge in [0, 0.05) is 7.11 Å². The molecule has 0 heterocycles. The van der Waals surface area contributed by atoms with Gasteiger partial charge in [-0.25, -0.2) is 0 Å². The van der Waals surface area contributed by atoms with Gasteiger partial charge in [0.2, 0.25) is 0 Å². The molecule has 0 N–H and O–H groups in total. The average molecular weight is 206 g/mol. The number of benzene rings is 1. The first kappa shape index (κ1) is 11.9. The van der Waals surface area contributed by atoms with Crippen molar-refractivity contribution in [2.45, 2.75) is 32.3 Å². The highest BCUT2D eigenvalue weighted by Gasteiger charge is 2.14. The molecule has 0 aliphatic heterocycles. The Morgan fingerprint density at radius 1 is 1.20 bits per heavy atom. The average Bonchev–Trinajstić information content (AvgIpc) is 2.19. The van der Waals surface area contributed by atoms with E-state index in [1.54, 1.807) is 0 Å². The SMILES string of the molecule is COC(C=O)c1ccc(C(C)(C)C)cc1. The van der Waals surface area contributed by atoms with Crippen LogP contribution in [0.15, 0.2) is 24.3 Å². The number of methoxy groups -OCH3 is 1. The number of rotatable bonds is 3. The maximum atomic E-state index is 10.7. The van der Waals surface area contributed by atoms with Crippen LogP contribution >= 0.6 is 0 Å². The Morgan fingerprint density at radius 2 is 1.73 bits per heavy atom. The number of aldehydes is 1. The van der Waals surface area contributed by atoms with E-state index in [4.69, 9.17) is 4.74 Å². The van der Waals surface area contributed by atoms with E-state index in [1.165, 1.54) is 12.7 Å². The van der Waals surface area contributed by atoms with E-state index in [9.17, 15) is 4.79 Å². The van der Waals surface area contributed by atoms with Crippen molar-refractivity contribution in [2.24, 2.45) is 0 Å². The molecule has 0 bridgehead atoms. The molecule has 0 saturated heterocycles. The predicted molar refractivity (Wildman–Crippen MR) is 61.0 cm³/mol. The maximum Gasteiger partial charge on any atom is 0.153 e. The smallest absolute Gasteiger partial charge is 0.153 e. The van der Waals surface area contributed by atoms with Crippen molar-refractivity contribution in [3.05, 3.63) is 35.4 Å². The molecule has 1 aromatic carbocycles. The fraction of sp³-hybridized carbons (Fsp3) is 0.462. The van der Waals surface area contributed by atoms with Crippen LogP contribution in [0.5, 0.6) is 0 Å². The minimum absolute atomic E-state index is 0.141. The number of ether oxygens (including phenoxy) is 1. The van der Waals surface area contributed by atoms with Crippen molar-refractivity contribution in [3.63, 3.8) is 0 Å². The van der Waals surface area contributed by atoms with Crippen LogP contribution < -0.4 is 0 Å². The summed E-state index contributed by atoms with van der Waals surface area (Å²) in [6.45, 7) is 6.49.